The maximum atomic E-state index is 15.4. The number of Topliss-reactive ketones (excluding diaryl/α,β-unsaturated/α-hetero) is 1. The molecule has 0 aliphatic carbocycles. The Hall–Kier alpha value is -8.79. The molecule has 6 rings (SSSR count). The van der Waals surface area contributed by atoms with Crippen LogP contribution in [-0.2, 0) is 48.2 Å². The third-order valence-corrected chi connectivity index (χ3v) is 12.0. The van der Waals surface area contributed by atoms with E-state index in [2.05, 4.69) is 22.5 Å². The molecule has 6 aromatic rings. The van der Waals surface area contributed by atoms with Crippen molar-refractivity contribution >= 4 is 52.8 Å². The van der Waals surface area contributed by atoms with Crippen molar-refractivity contribution < 1.29 is 47.7 Å². The van der Waals surface area contributed by atoms with Gasteiger partial charge in [0, 0.05) is 32.0 Å². The Kier molecular flexibility index (Phi) is 21.3. The molecular formula is C60H66N6O10. The van der Waals surface area contributed by atoms with E-state index in [1.807, 2.05) is 115 Å². The Bertz CT molecular complexity index is 2840. The van der Waals surface area contributed by atoms with Gasteiger partial charge in [0.15, 0.2) is 5.78 Å². The zero-order chi connectivity index (χ0) is 54.3. The van der Waals surface area contributed by atoms with Crippen LogP contribution in [0.5, 0.6) is 0 Å². The molecule has 0 radical (unpaired) electrons. The molecule has 0 heterocycles. The Balaban J connectivity index is 1.29. The van der Waals surface area contributed by atoms with Gasteiger partial charge < -0.3 is 34.5 Å². The average molecular weight is 1030 g/mol. The summed E-state index contributed by atoms with van der Waals surface area (Å²) in [6, 6.07) is 48.2. The van der Waals surface area contributed by atoms with Gasteiger partial charge >= 0.3 is 24.4 Å². The first-order chi connectivity index (χ1) is 36.6. The number of nitrogens with zero attached hydrogens (tertiary/aromatic N) is 2. The van der Waals surface area contributed by atoms with E-state index >= 15 is 4.79 Å². The summed E-state index contributed by atoms with van der Waals surface area (Å²) < 4.78 is 21.9. The Labute approximate surface area is 443 Å². The molecule has 16 nitrogen and oxygen atoms in total. The monoisotopic (exact) mass is 1030 g/mol. The maximum Gasteiger partial charge on any atom is 0.416 e. The van der Waals surface area contributed by atoms with Gasteiger partial charge in [-0.2, -0.15) is 0 Å². The second-order valence-corrected chi connectivity index (χ2v) is 18.9. The van der Waals surface area contributed by atoms with Gasteiger partial charge in [0.05, 0.1) is 6.04 Å². The van der Waals surface area contributed by atoms with E-state index in [4.69, 9.17) is 24.4 Å². The van der Waals surface area contributed by atoms with Crippen LogP contribution in [0.15, 0.2) is 176 Å². The normalized spacial score (nSPS) is 11.8. The lowest BCUT2D eigenvalue weighted by molar-refractivity contribution is -0.134. The number of fused-ring (bicyclic) bond motifs is 1. The van der Waals surface area contributed by atoms with E-state index in [1.165, 1.54) is 11.0 Å². The molecule has 6 aromatic carbocycles. The number of rotatable bonds is 23. The molecule has 0 aliphatic rings. The van der Waals surface area contributed by atoms with Crippen LogP contribution in [0, 0.1) is 5.41 Å². The van der Waals surface area contributed by atoms with Crippen molar-refractivity contribution in [1.29, 1.82) is 5.41 Å². The van der Waals surface area contributed by atoms with Gasteiger partial charge in [0.1, 0.15) is 31.5 Å². The molecule has 76 heavy (non-hydrogen) atoms. The zero-order valence-corrected chi connectivity index (χ0v) is 43.2. The van der Waals surface area contributed by atoms with E-state index in [-0.39, 0.29) is 70.9 Å². The standard InChI is InChI=1S/C60H66N6O10/c1-5-37-73-56(69)63-52(39-45-32-33-46-25-18-19-30-49(46)38-45)53(67)34-36-65(40-50(47-26-14-8-15-27-47)48-28-16-9-17-29-48)54(68)51(62-58(71)76-60(2,3)4)31-20-35-66(59(72)75-42-44-23-12-7-13-24-44)55(61)64-57(70)74-41-43-21-10-6-11-22-43/h5-19,21-30,32-33,38,50-52H,1,20,31,34-37,39-42H2,2-4H3,(H,62,71)(H,63,69)(H2,61,64,70)/t51?,52-/m0/s1. The number of alkyl carbamates (subject to hydrolysis) is 3. The van der Waals surface area contributed by atoms with Crippen molar-refractivity contribution in [2.24, 2.45) is 0 Å². The number of ketones is 1. The van der Waals surface area contributed by atoms with Gasteiger partial charge in [0.25, 0.3) is 0 Å². The molecule has 0 saturated carbocycles. The minimum absolute atomic E-state index is 0.0199. The van der Waals surface area contributed by atoms with Crippen molar-refractivity contribution in [3.63, 3.8) is 0 Å². The van der Waals surface area contributed by atoms with Gasteiger partial charge in [0.2, 0.25) is 11.9 Å². The van der Waals surface area contributed by atoms with Crippen molar-refractivity contribution in [2.75, 3.05) is 26.2 Å². The summed E-state index contributed by atoms with van der Waals surface area (Å²) in [6.45, 7) is 7.99. The van der Waals surface area contributed by atoms with Gasteiger partial charge in [-0.1, -0.05) is 176 Å². The highest BCUT2D eigenvalue weighted by molar-refractivity contribution is 5.99. The van der Waals surface area contributed by atoms with Gasteiger partial charge in [-0.05, 0) is 78.6 Å². The highest BCUT2D eigenvalue weighted by Gasteiger charge is 2.33. The SMILES string of the molecule is C=CCOC(=O)N[C@@H](Cc1ccc2ccccc2c1)C(=O)CCN(CC(c1ccccc1)c1ccccc1)C(=O)C(CCCN(C(=N)NC(=O)OCc1ccccc1)C(=O)OCc1ccccc1)NC(=O)OC(C)(C)C. The molecule has 396 valence electrons. The van der Waals surface area contributed by atoms with Crippen LogP contribution in [0.3, 0.4) is 0 Å². The van der Waals surface area contributed by atoms with Crippen molar-refractivity contribution in [2.45, 2.75) is 83.3 Å². The van der Waals surface area contributed by atoms with E-state index in [0.29, 0.717) is 11.1 Å². The number of carbonyl (C=O) groups excluding carboxylic acids is 6. The molecule has 0 aromatic heterocycles. The van der Waals surface area contributed by atoms with E-state index in [0.717, 1.165) is 32.4 Å². The number of carbonyl (C=O) groups is 6. The zero-order valence-electron chi connectivity index (χ0n) is 43.2. The van der Waals surface area contributed by atoms with Crippen LogP contribution < -0.4 is 16.0 Å². The molecule has 0 spiro atoms. The minimum Gasteiger partial charge on any atom is -0.445 e. The van der Waals surface area contributed by atoms with Crippen molar-refractivity contribution in [3.8, 4) is 0 Å². The Morgan fingerprint density at radius 2 is 1.17 bits per heavy atom. The van der Waals surface area contributed by atoms with E-state index in [1.54, 1.807) is 69.3 Å². The summed E-state index contributed by atoms with van der Waals surface area (Å²) in [7, 11) is 0. The number of benzene rings is 6. The topological polar surface area (TPSA) is 206 Å². The molecule has 4 N–H and O–H groups in total. The molecule has 0 saturated heterocycles. The number of hydrogen-bond acceptors (Lipinski definition) is 11. The summed E-state index contributed by atoms with van der Waals surface area (Å²) in [6.07, 6.45) is -2.47. The first kappa shape index (κ1) is 56.5. The van der Waals surface area contributed by atoms with Gasteiger partial charge in [-0.15, -0.1) is 0 Å². The highest BCUT2D eigenvalue weighted by Crippen LogP contribution is 2.27. The van der Waals surface area contributed by atoms with Gasteiger partial charge in [-0.25, -0.2) is 24.1 Å². The van der Waals surface area contributed by atoms with Crippen molar-refractivity contribution in [1.82, 2.24) is 25.8 Å². The number of hydrogen-bond donors (Lipinski definition) is 4. The number of amides is 5. The fourth-order valence-electron chi connectivity index (χ4n) is 8.27. The predicted octanol–water partition coefficient (Wildman–Crippen LogP) is 10.5. The maximum absolute atomic E-state index is 15.4. The number of nitrogens with one attached hydrogen (secondary N) is 4. The first-order valence-electron chi connectivity index (χ1n) is 25.1. The summed E-state index contributed by atoms with van der Waals surface area (Å²) in [5, 5.41) is 18.6. The van der Waals surface area contributed by atoms with Crippen LogP contribution >= 0.6 is 0 Å². The number of guanidine groups is 1. The summed E-state index contributed by atoms with van der Waals surface area (Å²) in [4.78, 5) is 85.9. The van der Waals surface area contributed by atoms with E-state index < -0.39 is 59.8 Å². The summed E-state index contributed by atoms with van der Waals surface area (Å²) in [5.74, 6) is -2.01. The van der Waals surface area contributed by atoms with Crippen LogP contribution in [0.4, 0.5) is 19.2 Å². The lowest BCUT2D eigenvalue weighted by Crippen LogP contribution is -2.52. The molecule has 5 amide bonds. The third-order valence-electron chi connectivity index (χ3n) is 12.0. The summed E-state index contributed by atoms with van der Waals surface area (Å²) in [5.41, 5.74) is 2.98. The summed E-state index contributed by atoms with van der Waals surface area (Å²) >= 11 is 0. The molecular weight excluding hydrogens is 965 g/mol. The smallest absolute Gasteiger partial charge is 0.416 e. The number of ether oxygens (including phenoxy) is 4. The van der Waals surface area contributed by atoms with Gasteiger partial charge in [-0.3, -0.25) is 20.3 Å². The molecule has 16 heteroatoms. The van der Waals surface area contributed by atoms with E-state index in [9.17, 15) is 24.0 Å². The van der Waals surface area contributed by atoms with Crippen molar-refractivity contribution in [3.05, 3.63) is 204 Å². The molecule has 0 fully saturated rings. The highest BCUT2D eigenvalue weighted by atomic mass is 16.6. The fraction of sp³-hybridized carbons (Fsp3) is 0.283. The molecule has 0 bridgehead atoms. The third kappa shape index (κ3) is 18.3. The lowest BCUT2D eigenvalue weighted by Gasteiger charge is -2.32. The Morgan fingerprint density at radius 1 is 0.618 bits per heavy atom. The van der Waals surface area contributed by atoms with Crippen LogP contribution in [0.25, 0.3) is 10.8 Å². The van der Waals surface area contributed by atoms with Crippen LogP contribution in [-0.4, -0.2) is 95.7 Å². The Morgan fingerprint density at radius 3 is 1.76 bits per heavy atom. The fourth-order valence-corrected chi connectivity index (χ4v) is 8.27. The van der Waals surface area contributed by atoms with Crippen LogP contribution in [0.2, 0.25) is 0 Å². The molecule has 1 unspecified atom stereocenters. The minimum atomic E-state index is -1.31. The van der Waals surface area contributed by atoms with Crippen LogP contribution in [0.1, 0.15) is 73.8 Å². The quantitative estimate of drug-likeness (QED) is 0.0207. The second kappa shape index (κ2) is 28.6. The first-order valence-corrected chi connectivity index (χ1v) is 25.1. The molecule has 0 aliphatic heterocycles. The average Bonchev–Trinajstić information content (AvgIpc) is 3.42. The predicted molar refractivity (Wildman–Crippen MR) is 290 cm³/mol. The largest absolute Gasteiger partial charge is 0.445 e. The second-order valence-electron chi connectivity index (χ2n) is 18.9. The molecule has 2 atom stereocenters. The lowest BCUT2D eigenvalue weighted by atomic mass is 9.90.